The van der Waals surface area contributed by atoms with Crippen LogP contribution in [-0.4, -0.2) is 29.2 Å². The number of benzene rings is 2. The summed E-state index contributed by atoms with van der Waals surface area (Å²) in [7, 11) is 0. The summed E-state index contributed by atoms with van der Waals surface area (Å²) in [5.41, 5.74) is 2.03. The maximum atomic E-state index is 12.5. The topological polar surface area (TPSA) is 92.2 Å². The van der Waals surface area contributed by atoms with Gasteiger partial charge in [0.25, 0.3) is 5.89 Å². The van der Waals surface area contributed by atoms with Gasteiger partial charge in [-0.3, -0.25) is 4.79 Å². The van der Waals surface area contributed by atoms with Gasteiger partial charge in [0, 0.05) is 30.1 Å². The smallest absolute Gasteiger partial charge is 0.257 e. The Balaban J connectivity index is 1.51. The van der Waals surface area contributed by atoms with Gasteiger partial charge < -0.3 is 14.2 Å². The number of rotatable bonds is 5. The highest BCUT2D eigenvalue weighted by Gasteiger charge is 2.34. The first-order valence-electron chi connectivity index (χ1n) is 9.05. The molecule has 1 saturated heterocycles. The number of ether oxygens (including phenoxy) is 1. The summed E-state index contributed by atoms with van der Waals surface area (Å²) in [6.07, 6.45) is 0.324. The number of hydrogen-bond donors (Lipinski definition) is 0. The average molecular weight is 374 g/mol. The number of anilines is 1. The van der Waals surface area contributed by atoms with Crippen molar-refractivity contribution in [3.63, 3.8) is 0 Å². The quantitative estimate of drug-likeness (QED) is 0.678. The van der Waals surface area contributed by atoms with Crippen molar-refractivity contribution in [2.75, 3.05) is 18.1 Å². The fraction of sp³-hybridized carbons (Fsp3) is 0.238. The molecule has 1 aliphatic rings. The minimum Gasteiger partial charge on any atom is -0.494 e. The number of nitrogens with zero attached hydrogens (tertiary/aromatic N) is 4. The minimum atomic E-state index is -0.143. The van der Waals surface area contributed by atoms with E-state index in [2.05, 4.69) is 16.2 Å². The molecular weight excluding hydrogens is 356 g/mol. The summed E-state index contributed by atoms with van der Waals surface area (Å²) in [5, 5.41) is 13.1. The second-order valence-corrected chi connectivity index (χ2v) is 6.48. The Labute approximate surface area is 162 Å². The molecule has 1 amide bonds. The van der Waals surface area contributed by atoms with Gasteiger partial charge in [0.1, 0.15) is 5.75 Å². The molecule has 0 N–H and O–H groups in total. The standard InChI is InChI=1S/C21H18N4O3/c1-2-27-18-8-6-17(7-9-18)25-13-16(11-19(25)26)20-23-21(28-24-20)15-5-3-4-14(10-15)12-22/h3-10,16H,2,11,13H2,1H3. The van der Waals surface area contributed by atoms with Crippen LogP contribution in [0.5, 0.6) is 5.75 Å². The number of nitriles is 1. The molecule has 0 saturated carbocycles. The third-order valence-electron chi connectivity index (χ3n) is 4.63. The van der Waals surface area contributed by atoms with Crippen LogP contribution in [0.25, 0.3) is 11.5 Å². The highest BCUT2D eigenvalue weighted by Crippen LogP contribution is 2.32. The monoisotopic (exact) mass is 374 g/mol. The molecule has 7 nitrogen and oxygen atoms in total. The zero-order valence-corrected chi connectivity index (χ0v) is 15.3. The van der Waals surface area contributed by atoms with Crippen molar-refractivity contribution < 1.29 is 14.1 Å². The van der Waals surface area contributed by atoms with Gasteiger partial charge in [0.05, 0.1) is 18.2 Å². The summed E-state index contributed by atoms with van der Waals surface area (Å²) >= 11 is 0. The van der Waals surface area contributed by atoms with E-state index in [1.807, 2.05) is 37.3 Å². The lowest BCUT2D eigenvalue weighted by Crippen LogP contribution is -2.24. The normalized spacial score (nSPS) is 16.2. The fourth-order valence-electron chi connectivity index (χ4n) is 3.26. The van der Waals surface area contributed by atoms with Gasteiger partial charge in [0.15, 0.2) is 5.82 Å². The van der Waals surface area contributed by atoms with E-state index >= 15 is 0 Å². The van der Waals surface area contributed by atoms with E-state index in [1.165, 1.54) is 0 Å². The molecule has 140 valence electrons. The molecule has 1 aromatic heterocycles. The fourth-order valence-corrected chi connectivity index (χ4v) is 3.26. The Bertz CT molecular complexity index is 1040. The van der Waals surface area contributed by atoms with Crippen LogP contribution in [0.2, 0.25) is 0 Å². The molecule has 7 heteroatoms. The van der Waals surface area contributed by atoms with Crippen molar-refractivity contribution in [1.29, 1.82) is 5.26 Å². The zero-order valence-electron chi connectivity index (χ0n) is 15.3. The number of carbonyl (C=O) groups excluding carboxylic acids is 1. The Morgan fingerprint density at radius 2 is 2.11 bits per heavy atom. The Kier molecular flexibility index (Phi) is 4.77. The van der Waals surface area contributed by atoms with Gasteiger partial charge in [-0.25, -0.2) is 0 Å². The maximum absolute atomic E-state index is 12.5. The molecule has 1 fully saturated rings. The maximum Gasteiger partial charge on any atom is 0.257 e. The molecule has 0 spiro atoms. The van der Waals surface area contributed by atoms with Gasteiger partial charge in [-0.15, -0.1) is 0 Å². The van der Waals surface area contributed by atoms with Crippen molar-refractivity contribution >= 4 is 11.6 Å². The van der Waals surface area contributed by atoms with Gasteiger partial charge in [-0.05, 0) is 49.4 Å². The van der Waals surface area contributed by atoms with Gasteiger partial charge in [0.2, 0.25) is 5.91 Å². The molecule has 0 radical (unpaired) electrons. The largest absolute Gasteiger partial charge is 0.494 e. The highest BCUT2D eigenvalue weighted by molar-refractivity contribution is 5.96. The third kappa shape index (κ3) is 3.45. The summed E-state index contributed by atoms with van der Waals surface area (Å²) in [4.78, 5) is 18.7. The van der Waals surface area contributed by atoms with Crippen molar-refractivity contribution in [3.8, 4) is 23.3 Å². The number of carbonyl (C=O) groups is 1. The molecule has 0 bridgehead atoms. The second-order valence-electron chi connectivity index (χ2n) is 6.48. The Morgan fingerprint density at radius 3 is 2.86 bits per heavy atom. The van der Waals surface area contributed by atoms with Crippen LogP contribution >= 0.6 is 0 Å². The lowest BCUT2D eigenvalue weighted by atomic mass is 10.1. The summed E-state index contributed by atoms with van der Waals surface area (Å²) < 4.78 is 10.8. The average Bonchev–Trinajstić information content (AvgIpc) is 3.36. The highest BCUT2D eigenvalue weighted by atomic mass is 16.5. The molecule has 2 heterocycles. The molecule has 4 rings (SSSR count). The van der Waals surface area contributed by atoms with Crippen LogP contribution < -0.4 is 9.64 Å². The van der Waals surface area contributed by atoms with E-state index < -0.39 is 0 Å². The molecule has 0 aliphatic carbocycles. The van der Waals surface area contributed by atoms with Crippen molar-refractivity contribution in [2.45, 2.75) is 19.3 Å². The zero-order chi connectivity index (χ0) is 19.5. The van der Waals surface area contributed by atoms with Crippen molar-refractivity contribution in [3.05, 3.63) is 59.9 Å². The molecule has 1 atom stereocenters. The summed E-state index contributed by atoms with van der Waals surface area (Å²) in [6, 6.07) is 16.5. The summed E-state index contributed by atoms with van der Waals surface area (Å²) in [6.45, 7) is 3.02. The van der Waals surface area contributed by atoms with Crippen molar-refractivity contribution in [2.24, 2.45) is 0 Å². The molecule has 3 aromatic rings. The predicted octanol–water partition coefficient (Wildman–Crippen LogP) is 3.53. The number of amides is 1. The minimum absolute atomic E-state index is 0.0204. The van der Waals surface area contributed by atoms with E-state index in [9.17, 15) is 4.79 Å². The van der Waals surface area contributed by atoms with Crippen LogP contribution in [0.1, 0.15) is 30.7 Å². The van der Waals surface area contributed by atoms with E-state index in [0.29, 0.717) is 42.4 Å². The molecule has 28 heavy (non-hydrogen) atoms. The number of hydrogen-bond acceptors (Lipinski definition) is 6. The molecular formula is C21H18N4O3. The molecule has 1 aliphatic heterocycles. The Morgan fingerprint density at radius 1 is 1.29 bits per heavy atom. The number of aromatic nitrogens is 2. The van der Waals surface area contributed by atoms with Crippen LogP contribution in [-0.2, 0) is 4.79 Å². The second kappa shape index (κ2) is 7.53. The third-order valence-corrected chi connectivity index (χ3v) is 4.63. The first-order valence-corrected chi connectivity index (χ1v) is 9.05. The van der Waals surface area contributed by atoms with Gasteiger partial charge in [-0.2, -0.15) is 10.2 Å². The van der Waals surface area contributed by atoms with Crippen LogP contribution in [0, 0.1) is 11.3 Å². The predicted molar refractivity (Wildman–Crippen MR) is 102 cm³/mol. The van der Waals surface area contributed by atoms with E-state index in [-0.39, 0.29) is 11.8 Å². The van der Waals surface area contributed by atoms with E-state index in [1.54, 1.807) is 23.1 Å². The first-order chi connectivity index (χ1) is 13.7. The van der Waals surface area contributed by atoms with Gasteiger partial charge >= 0.3 is 0 Å². The summed E-state index contributed by atoms with van der Waals surface area (Å²) in [5.74, 6) is 1.50. The lowest BCUT2D eigenvalue weighted by molar-refractivity contribution is -0.117. The molecule has 1 unspecified atom stereocenters. The SMILES string of the molecule is CCOc1ccc(N2CC(c3noc(-c4cccc(C#N)c4)n3)CC2=O)cc1. The van der Waals surface area contributed by atoms with Crippen LogP contribution in [0.15, 0.2) is 53.1 Å². The first kappa shape index (κ1) is 17.7. The van der Waals surface area contributed by atoms with Crippen molar-refractivity contribution in [1.82, 2.24) is 10.1 Å². The lowest BCUT2D eigenvalue weighted by Gasteiger charge is -2.16. The molecule has 2 aromatic carbocycles. The van der Waals surface area contributed by atoms with E-state index in [4.69, 9.17) is 14.5 Å². The van der Waals surface area contributed by atoms with Crippen LogP contribution in [0.3, 0.4) is 0 Å². The van der Waals surface area contributed by atoms with Gasteiger partial charge in [-0.1, -0.05) is 11.2 Å². The Hall–Kier alpha value is -3.66. The van der Waals surface area contributed by atoms with E-state index in [0.717, 1.165) is 11.4 Å². The van der Waals surface area contributed by atoms with Crippen LogP contribution in [0.4, 0.5) is 5.69 Å².